The van der Waals surface area contributed by atoms with E-state index in [1.54, 1.807) is 20.4 Å². The van der Waals surface area contributed by atoms with Crippen LogP contribution in [0, 0.1) is 0 Å². The molecule has 2 aromatic rings. The van der Waals surface area contributed by atoms with E-state index < -0.39 is 0 Å². The smallest absolute Gasteiger partial charge is 0.257 e. The molecule has 3 heterocycles. The molecule has 0 radical (unpaired) electrons. The second-order valence-corrected chi connectivity index (χ2v) is 5.76. The first-order chi connectivity index (χ1) is 11.2. The third-order valence-corrected chi connectivity index (χ3v) is 4.68. The average molecular weight is 311 g/mol. The molecule has 0 aliphatic carbocycles. The average Bonchev–Trinajstić information content (AvgIpc) is 2.60. The summed E-state index contributed by atoms with van der Waals surface area (Å²) in [5.41, 5.74) is 3.75. The van der Waals surface area contributed by atoms with Gasteiger partial charge in [0, 0.05) is 19.2 Å². The van der Waals surface area contributed by atoms with Crippen LogP contribution in [-0.2, 0) is 12.8 Å². The fraction of sp³-hybridized carbons (Fsp3) is 0.353. The molecule has 4 rings (SSSR count). The van der Waals surface area contributed by atoms with Crippen molar-refractivity contribution in [1.29, 1.82) is 0 Å². The third kappa shape index (κ3) is 2.05. The fourth-order valence-corrected chi connectivity index (χ4v) is 3.53. The molecule has 0 saturated carbocycles. The van der Waals surface area contributed by atoms with E-state index in [0.29, 0.717) is 24.3 Å². The Bertz CT molecular complexity index is 791. The van der Waals surface area contributed by atoms with Crippen LogP contribution in [-0.4, -0.2) is 41.5 Å². The predicted octanol–water partition coefficient (Wildman–Crippen LogP) is 1.79. The highest BCUT2D eigenvalue weighted by atomic mass is 16.5. The zero-order valence-electron chi connectivity index (χ0n) is 13.1. The van der Waals surface area contributed by atoms with Gasteiger partial charge in [-0.15, -0.1) is 0 Å². The van der Waals surface area contributed by atoms with Crippen LogP contribution in [0.2, 0.25) is 0 Å². The van der Waals surface area contributed by atoms with E-state index in [1.807, 2.05) is 17.0 Å². The maximum atomic E-state index is 12.7. The van der Waals surface area contributed by atoms with E-state index in [0.717, 1.165) is 23.4 Å². The summed E-state index contributed by atoms with van der Waals surface area (Å²) >= 11 is 0. The maximum absolute atomic E-state index is 12.7. The van der Waals surface area contributed by atoms with Crippen LogP contribution in [0.5, 0.6) is 11.5 Å². The lowest BCUT2D eigenvalue weighted by Gasteiger charge is -2.40. The van der Waals surface area contributed by atoms with E-state index in [-0.39, 0.29) is 11.9 Å². The number of carbonyl (C=O) groups excluding carboxylic acids is 1. The normalized spacial score (nSPS) is 18.8. The molecule has 0 saturated heterocycles. The first-order valence-electron chi connectivity index (χ1n) is 7.57. The second-order valence-electron chi connectivity index (χ2n) is 5.76. The summed E-state index contributed by atoms with van der Waals surface area (Å²) in [7, 11) is 3.26. The summed E-state index contributed by atoms with van der Waals surface area (Å²) in [5, 5.41) is 0. The molecule has 6 heteroatoms. The summed E-state index contributed by atoms with van der Waals surface area (Å²) in [6, 6.07) is 4.00. The third-order valence-electron chi connectivity index (χ3n) is 4.68. The van der Waals surface area contributed by atoms with Gasteiger partial charge in [-0.05, 0) is 29.7 Å². The number of aromatic nitrogens is 2. The lowest BCUT2D eigenvalue weighted by atomic mass is 9.85. The molecule has 0 fully saturated rings. The second kappa shape index (κ2) is 5.22. The molecular weight excluding hydrogens is 294 g/mol. The van der Waals surface area contributed by atoms with E-state index in [1.165, 1.54) is 11.9 Å². The van der Waals surface area contributed by atoms with Gasteiger partial charge in [0.05, 0.1) is 31.5 Å². The zero-order valence-corrected chi connectivity index (χ0v) is 13.1. The molecule has 0 spiro atoms. The molecule has 0 bridgehead atoms. The van der Waals surface area contributed by atoms with Gasteiger partial charge in [-0.1, -0.05) is 0 Å². The van der Waals surface area contributed by atoms with Gasteiger partial charge in [-0.3, -0.25) is 4.79 Å². The van der Waals surface area contributed by atoms with Crippen molar-refractivity contribution in [3.63, 3.8) is 0 Å². The maximum Gasteiger partial charge on any atom is 0.257 e. The van der Waals surface area contributed by atoms with Crippen molar-refractivity contribution in [3.8, 4) is 11.5 Å². The summed E-state index contributed by atoms with van der Waals surface area (Å²) < 4.78 is 10.8. The molecule has 1 amide bonds. The van der Waals surface area contributed by atoms with Gasteiger partial charge < -0.3 is 14.4 Å². The first kappa shape index (κ1) is 14.0. The summed E-state index contributed by atoms with van der Waals surface area (Å²) in [6.07, 6.45) is 4.62. The Morgan fingerprint density at radius 2 is 2.00 bits per heavy atom. The predicted molar refractivity (Wildman–Crippen MR) is 82.8 cm³/mol. The zero-order chi connectivity index (χ0) is 16.0. The van der Waals surface area contributed by atoms with Crippen molar-refractivity contribution >= 4 is 5.91 Å². The van der Waals surface area contributed by atoms with Gasteiger partial charge in [-0.2, -0.15) is 0 Å². The van der Waals surface area contributed by atoms with Gasteiger partial charge in [-0.25, -0.2) is 9.97 Å². The van der Waals surface area contributed by atoms with Gasteiger partial charge in [0.15, 0.2) is 11.5 Å². The van der Waals surface area contributed by atoms with Crippen molar-refractivity contribution in [1.82, 2.24) is 14.9 Å². The molecule has 6 nitrogen and oxygen atoms in total. The van der Waals surface area contributed by atoms with Crippen LogP contribution in [0.3, 0.4) is 0 Å². The van der Waals surface area contributed by atoms with Crippen LogP contribution < -0.4 is 9.47 Å². The monoisotopic (exact) mass is 311 g/mol. The molecule has 1 atom stereocenters. The van der Waals surface area contributed by atoms with Crippen LogP contribution in [0.4, 0.5) is 0 Å². The van der Waals surface area contributed by atoms with E-state index in [4.69, 9.17) is 9.47 Å². The number of hydrogen-bond donors (Lipinski definition) is 0. The standard InChI is InChI=1S/C17H17N3O3/c1-22-15-5-10-3-4-20-14(11(10)6-16(15)23-2)7-13-12(17(20)21)8-18-9-19-13/h5-6,8-9,14H,3-4,7H2,1-2H3/t14-/m1/s1. The Labute approximate surface area is 134 Å². The number of rotatable bonds is 2. The Kier molecular flexibility index (Phi) is 3.18. The van der Waals surface area contributed by atoms with Gasteiger partial charge in [0.1, 0.15) is 6.33 Å². The molecular formula is C17H17N3O3. The Balaban J connectivity index is 1.83. The van der Waals surface area contributed by atoms with Crippen LogP contribution in [0.1, 0.15) is 33.2 Å². The molecule has 0 unspecified atom stereocenters. The van der Waals surface area contributed by atoms with Gasteiger partial charge in [0.25, 0.3) is 5.91 Å². The molecule has 1 aromatic carbocycles. The van der Waals surface area contributed by atoms with Crippen molar-refractivity contribution < 1.29 is 14.3 Å². The molecule has 118 valence electrons. The van der Waals surface area contributed by atoms with Crippen molar-refractivity contribution in [2.75, 3.05) is 20.8 Å². The molecule has 1 aromatic heterocycles. The minimum Gasteiger partial charge on any atom is -0.493 e. The van der Waals surface area contributed by atoms with Crippen molar-refractivity contribution in [2.45, 2.75) is 18.9 Å². The fourth-order valence-electron chi connectivity index (χ4n) is 3.53. The molecule has 23 heavy (non-hydrogen) atoms. The number of hydrogen-bond acceptors (Lipinski definition) is 5. The van der Waals surface area contributed by atoms with Crippen LogP contribution in [0.15, 0.2) is 24.7 Å². The molecule has 2 aliphatic rings. The van der Waals surface area contributed by atoms with E-state index >= 15 is 0 Å². The van der Waals surface area contributed by atoms with Gasteiger partial charge in [0.2, 0.25) is 0 Å². The van der Waals surface area contributed by atoms with Crippen molar-refractivity contribution in [3.05, 3.63) is 47.0 Å². The minimum atomic E-state index is -0.00606. The summed E-state index contributed by atoms with van der Waals surface area (Å²) in [6.45, 7) is 0.695. The highest BCUT2D eigenvalue weighted by molar-refractivity contribution is 5.96. The van der Waals surface area contributed by atoms with Gasteiger partial charge >= 0.3 is 0 Å². The number of carbonyl (C=O) groups is 1. The SMILES string of the molecule is COc1cc2c(cc1OC)[C@H]1Cc3ncncc3C(=O)N1CC2. The molecule has 0 N–H and O–H groups in total. The lowest BCUT2D eigenvalue weighted by Crippen LogP contribution is -2.44. The largest absolute Gasteiger partial charge is 0.493 e. The van der Waals surface area contributed by atoms with Crippen molar-refractivity contribution in [2.24, 2.45) is 0 Å². The quantitative estimate of drug-likeness (QED) is 0.846. The first-order valence-corrected chi connectivity index (χ1v) is 7.57. The number of methoxy groups -OCH3 is 2. The highest BCUT2D eigenvalue weighted by Gasteiger charge is 2.38. The number of nitrogens with zero attached hydrogens (tertiary/aromatic N) is 3. The van der Waals surface area contributed by atoms with E-state index in [9.17, 15) is 4.79 Å². The number of ether oxygens (including phenoxy) is 2. The highest BCUT2D eigenvalue weighted by Crippen LogP contribution is 2.41. The lowest BCUT2D eigenvalue weighted by molar-refractivity contribution is 0.0627. The number of amides is 1. The number of benzene rings is 1. The topological polar surface area (TPSA) is 64.5 Å². The Hall–Kier alpha value is -2.63. The van der Waals surface area contributed by atoms with E-state index in [2.05, 4.69) is 9.97 Å². The van der Waals surface area contributed by atoms with Crippen LogP contribution in [0.25, 0.3) is 0 Å². The summed E-state index contributed by atoms with van der Waals surface area (Å²) in [4.78, 5) is 22.9. The number of fused-ring (bicyclic) bond motifs is 4. The van der Waals surface area contributed by atoms with Crippen LogP contribution >= 0.6 is 0 Å². The minimum absolute atomic E-state index is 0.00606. The Morgan fingerprint density at radius 3 is 2.78 bits per heavy atom. The Morgan fingerprint density at radius 1 is 1.22 bits per heavy atom. The summed E-state index contributed by atoms with van der Waals surface area (Å²) in [5.74, 6) is 1.43. The molecule has 2 aliphatic heterocycles.